The van der Waals surface area contributed by atoms with Crippen LogP contribution in [0.2, 0.25) is 0 Å². The first-order valence-corrected chi connectivity index (χ1v) is 11.8. The van der Waals surface area contributed by atoms with Crippen LogP contribution < -0.4 is 10.9 Å². The molecular formula is C24H20FN3O3S2. The van der Waals surface area contributed by atoms with Crippen LogP contribution in [0.5, 0.6) is 0 Å². The molecule has 0 aliphatic carbocycles. The number of H-pyrrole nitrogens is 1. The molecule has 33 heavy (non-hydrogen) atoms. The lowest BCUT2D eigenvalue weighted by molar-refractivity contribution is -0.115. The van der Waals surface area contributed by atoms with Crippen molar-refractivity contribution < 1.29 is 14.0 Å². The van der Waals surface area contributed by atoms with E-state index in [4.69, 9.17) is 0 Å². The number of nitrogens with one attached hydrogen (secondary N) is 2. The monoisotopic (exact) mass is 481 g/mol. The molecule has 1 atom stereocenters. The average molecular weight is 482 g/mol. The van der Waals surface area contributed by atoms with Crippen molar-refractivity contribution in [1.82, 2.24) is 9.97 Å². The standard InChI is InChI=1S/C24H20FN3O3S2/c1-12(29)16-5-4-6-18(11-16)26-21(30)14(3)33-24-27-22(31)20-19(13(2)32-23(20)28-24)15-7-9-17(25)10-8-15/h4-11,14H,1-3H3,(H,26,30)(H,27,28,31)/t14-/m1/s1. The number of benzene rings is 2. The number of Topliss-reactive ketones (excluding diaryl/α,β-unsaturated/α-hetero) is 1. The van der Waals surface area contributed by atoms with Crippen molar-refractivity contribution in [3.63, 3.8) is 0 Å². The molecule has 4 aromatic rings. The van der Waals surface area contributed by atoms with Crippen molar-refractivity contribution in [3.05, 3.63) is 75.1 Å². The van der Waals surface area contributed by atoms with Gasteiger partial charge in [0.15, 0.2) is 10.9 Å². The first-order valence-electron chi connectivity index (χ1n) is 10.1. The van der Waals surface area contributed by atoms with Gasteiger partial charge in [-0.3, -0.25) is 14.4 Å². The van der Waals surface area contributed by atoms with Gasteiger partial charge in [-0.2, -0.15) is 0 Å². The lowest BCUT2D eigenvalue weighted by Crippen LogP contribution is -2.23. The number of carbonyl (C=O) groups is 2. The Morgan fingerprint density at radius 2 is 1.91 bits per heavy atom. The molecule has 9 heteroatoms. The van der Waals surface area contributed by atoms with Gasteiger partial charge in [0.1, 0.15) is 10.6 Å². The second kappa shape index (κ2) is 9.29. The number of aromatic amines is 1. The van der Waals surface area contributed by atoms with E-state index in [0.29, 0.717) is 26.6 Å². The molecule has 0 aliphatic heterocycles. The van der Waals surface area contributed by atoms with Crippen LogP contribution >= 0.6 is 23.1 Å². The second-order valence-electron chi connectivity index (χ2n) is 7.48. The number of ketones is 1. The number of hydrogen-bond acceptors (Lipinski definition) is 6. The van der Waals surface area contributed by atoms with Gasteiger partial charge in [-0.1, -0.05) is 36.0 Å². The highest BCUT2D eigenvalue weighted by molar-refractivity contribution is 8.00. The number of carbonyl (C=O) groups excluding carboxylic acids is 2. The summed E-state index contributed by atoms with van der Waals surface area (Å²) in [5.74, 6) is -0.713. The molecule has 2 heterocycles. The molecule has 0 aliphatic rings. The summed E-state index contributed by atoms with van der Waals surface area (Å²) in [5.41, 5.74) is 2.20. The number of rotatable bonds is 6. The highest BCUT2D eigenvalue weighted by atomic mass is 32.2. The van der Waals surface area contributed by atoms with Crippen LogP contribution in [-0.2, 0) is 4.79 Å². The molecule has 0 fully saturated rings. The maximum Gasteiger partial charge on any atom is 0.260 e. The summed E-state index contributed by atoms with van der Waals surface area (Å²) in [7, 11) is 0. The number of fused-ring (bicyclic) bond motifs is 1. The molecule has 0 saturated heterocycles. The Morgan fingerprint density at radius 3 is 2.61 bits per heavy atom. The van der Waals surface area contributed by atoms with Gasteiger partial charge in [-0.05, 0) is 50.6 Å². The van der Waals surface area contributed by atoms with Gasteiger partial charge in [-0.25, -0.2) is 9.37 Å². The third-order valence-electron chi connectivity index (χ3n) is 5.04. The zero-order chi connectivity index (χ0) is 23.7. The molecule has 0 saturated carbocycles. The van der Waals surface area contributed by atoms with Crippen LogP contribution in [0.15, 0.2) is 58.5 Å². The van der Waals surface area contributed by atoms with Gasteiger partial charge < -0.3 is 10.3 Å². The van der Waals surface area contributed by atoms with Crippen molar-refractivity contribution in [2.75, 3.05) is 5.32 Å². The third kappa shape index (κ3) is 4.89. The van der Waals surface area contributed by atoms with E-state index in [1.807, 2.05) is 6.92 Å². The minimum absolute atomic E-state index is 0.0881. The highest BCUT2D eigenvalue weighted by Gasteiger charge is 2.20. The number of nitrogens with zero attached hydrogens (tertiary/aromatic N) is 1. The highest BCUT2D eigenvalue weighted by Crippen LogP contribution is 2.36. The predicted octanol–water partition coefficient (Wildman–Crippen LogP) is 5.42. The Kier molecular flexibility index (Phi) is 6.44. The van der Waals surface area contributed by atoms with E-state index in [1.54, 1.807) is 43.3 Å². The second-order valence-corrected chi connectivity index (χ2v) is 10.0. The zero-order valence-electron chi connectivity index (χ0n) is 18.1. The van der Waals surface area contributed by atoms with Crippen LogP contribution in [0.1, 0.15) is 29.1 Å². The number of hydrogen-bond donors (Lipinski definition) is 2. The van der Waals surface area contributed by atoms with E-state index >= 15 is 0 Å². The Morgan fingerprint density at radius 1 is 1.18 bits per heavy atom. The predicted molar refractivity (Wildman–Crippen MR) is 131 cm³/mol. The molecule has 2 aromatic heterocycles. The summed E-state index contributed by atoms with van der Waals surface area (Å²) in [6.07, 6.45) is 0. The van der Waals surface area contributed by atoms with Gasteiger partial charge >= 0.3 is 0 Å². The number of thioether (sulfide) groups is 1. The van der Waals surface area contributed by atoms with E-state index in [2.05, 4.69) is 15.3 Å². The third-order valence-corrected chi connectivity index (χ3v) is 7.03. The molecule has 0 unspecified atom stereocenters. The maximum absolute atomic E-state index is 13.3. The Bertz CT molecular complexity index is 1430. The molecule has 0 radical (unpaired) electrons. The number of aryl methyl sites for hydroxylation is 1. The maximum atomic E-state index is 13.3. The first-order chi connectivity index (χ1) is 15.7. The minimum Gasteiger partial charge on any atom is -0.325 e. The van der Waals surface area contributed by atoms with Gasteiger partial charge in [0.05, 0.1) is 10.6 Å². The Balaban J connectivity index is 1.57. The number of amides is 1. The van der Waals surface area contributed by atoms with Crippen LogP contribution in [0.4, 0.5) is 10.1 Å². The summed E-state index contributed by atoms with van der Waals surface area (Å²) < 4.78 is 13.3. The van der Waals surface area contributed by atoms with E-state index in [-0.39, 0.29) is 23.1 Å². The Hall–Kier alpha value is -3.30. The lowest BCUT2D eigenvalue weighted by atomic mass is 10.0. The fourth-order valence-corrected chi connectivity index (χ4v) is 5.30. The molecule has 2 N–H and O–H groups in total. The summed E-state index contributed by atoms with van der Waals surface area (Å²) in [6.45, 7) is 5.07. The minimum atomic E-state index is -0.552. The first kappa shape index (κ1) is 22.9. The van der Waals surface area contributed by atoms with E-state index < -0.39 is 5.25 Å². The van der Waals surface area contributed by atoms with Crippen molar-refractivity contribution in [3.8, 4) is 11.1 Å². The molecule has 6 nitrogen and oxygen atoms in total. The summed E-state index contributed by atoms with van der Waals surface area (Å²) in [5, 5.41) is 3.02. The molecular weight excluding hydrogens is 461 g/mol. The Labute approximate surface area is 197 Å². The van der Waals surface area contributed by atoms with Crippen LogP contribution in [0, 0.1) is 12.7 Å². The number of thiophene rings is 1. The van der Waals surface area contributed by atoms with E-state index in [0.717, 1.165) is 27.8 Å². The number of anilines is 1. The molecule has 0 spiro atoms. The molecule has 1 amide bonds. The number of aromatic nitrogens is 2. The van der Waals surface area contributed by atoms with Crippen LogP contribution in [-0.4, -0.2) is 26.9 Å². The smallest absolute Gasteiger partial charge is 0.260 e. The average Bonchev–Trinajstić information content (AvgIpc) is 3.10. The molecule has 168 valence electrons. The van der Waals surface area contributed by atoms with Gasteiger partial charge in [0.25, 0.3) is 5.56 Å². The topological polar surface area (TPSA) is 91.9 Å². The van der Waals surface area contributed by atoms with Crippen molar-refractivity contribution in [2.45, 2.75) is 31.2 Å². The van der Waals surface area contributed by atoms with Crippen molar-refractivity contribution in [1.29, 1.82) is 0 Å². The number of halogens is 1. The summed E-state index contributed by atoms with van der Waals surface area (Å²) in [6, 6.07) is 12.7. The largest absolute Gasteiger partial charge is 0.325 e. The van der Waals surface area contributed by atoms with Crippen LogP contribution in [0.25, 0.3) is 21.3 Å². The van der Waals surface area contributed by atoms with Gasteiger partial charge in [0.2, 0.25) is 5.91 Å². The van der Waals surface area contributed by atoms with E-state index in [9.17, 15) is 18.8 Å². The molecule has 0 bridgehead atoms. The fourth-order valence-electron chi connectivity index (χ4n) is 3.40. The van der Waals surface area contributed by atoms with Gasteiger partial charge in [0, 0.05) is 21.7 Å². The summed E-state index contributed by atoms with van der Waals surface area (Å²) in [4.78, 5) is 45.9. The quantitative estimate of drug-likeness (QED) is 0.218. The van der Waals surface area contributed by atoms with Crippen molar-refractivity contribution in [2.24, 2.45) is 0 Å². The summed E-state index contributed by atoms with van der Waals surface area (Å²) >= 11 is 2.51. The van der Waals surface area contributed by atoms with E-state index in [1.165, 1.54) is 30.4 Å². The lowest BCUT2D eigenvalue weighted by Gasteiger charge is -2.12. The van der Waals surface area contributed by atoms with Crippen LogP contribution in [0.3, 0.4) is 0 Å². The molecule has 4 rings (SSSR count). The van der Waals surface area contributed by atoms with Crippen molar-refractivity contribution >= 4 is 50.7 Å². The SMILES string of the molecule is CC(=O)c1cccc(NC(=O)[C@@H](C)Sc2nc3sc(C)c(-c4ccc(F)cc4)c3c(=O)[nH]2)c1. The fraction of sp³-hybridized carbons (Fsp3) is 0.167. The molecule has 2 aromatic carbocycles. The normalized spacial score (nSPS) is 12.0. The van der Waals surface area contributed by atoms with Gasteiger partial charge in [-0.15, -0.1) is 11.3 Å². The zero-order valence-corrected chi connectivity index (χ0v) is 19.7.